The van der Waals surface area contributed by atoms with Crippen molar-refractivity contribution >= 4 is 28.4 Å². The third-order valence-electron chi connectivity index (χ3n) is 4.98. The summed E-state index contributed by atoms with van der Waals surface area (Å²) in [4.78, 5) is 30.5. The summed E-state index contributed by atoms with van der Waals surface area (Å²) < 4.78 is 5.13. The molecule has 0 spiro atoms. The molecule has 2 N–H and O–H groups in total. The molecule has 1 aliphatic rings. The second kappa shape index (κ2) is 7.15. The number of methoxy groups -OCH3 is 1. The first-order valence-corrected chi connectivity index (χ1v) is 8.99. The summed E-state index contributed by atoms with van der Waals surface area (Å²) in [6.45, 7) is 0.586. The van der Waals surface area contributed by atoms with Gasteiger partial charge >= 0.3 is 0 Å². The van der Waals surface area contributed by atoms with Gasteiger partial charge in [0.25, 0.3) is 5.91 Å². The van der Waals surface area contributed by atoms with Crippen molar-refractivity contribution in [3.8, 4) is 5.75 Å². The van der Waals surface area contributed by atoms with Crippen molar-refractivity contribution in [3.05, 3.63) is 60.3 Å². The fourth-order valence-corrected chi connectivity index (χ4v) is 3.53. The number of H-pyrrole nitrogens is 1. The lowest BCUT2D eigenvalue weighted by molar-refractivity contribution is -0.119. The third-order valence-corrected chi connectivity index (χ3v) is 4.98. The maximum Gasteiger partial charge on any atom is 0.254 e. The number of carbonyl (C=O) groups is 2. The fourth-order valence-electron chi connectivity index (χ4n) is 3.53. The van der Waals surface area contributed by atoms with E-state index in [-0.39, 0.29) is 11.8 Å². The molecule has 1 aliphatic heterocycles. The molecule has 2 aromatic carbocycles. The van der Waals surface area contributed by atoms with Crippen LogP contribution in [0, 0.1) is 0 Å². The van der Waals surface area contributed by atoms with E-state index in [4.69, 9.17) is 4.74 Å². The molecule has 2 amide bonds. The number of aromatic nitrogens is 1. The first kappa shape index (κ1) is 17.1. The molecule has 0 aliphatic carbocycles. The standard InChI is InChI=1S/C21H21N3O3/c1-27-17-8-6-16(7-9-17)23-20(25)19-3-2-12-24(19)21(26)15-5-4-14-10-11-22-18(14)13-15/h4-11,13,19,22H,2-3,12H2,1H3,(H,23,25). The van der Waals surface area contributed by atoms with Gasteiger partial charge in [0.05, 0.1) is 7.11 Å². The minimum atomic E-state index is -0.459. The number of ether oxygens (including phenoxy) is 1. The van der Waals surface area contributed by atoms with E-state index in [1.54, 1.807) is 36.3 Å². The van der Waals surface area contributed by atoms with E-state index in [9.17, 15) is 9.59 Å². The van der Waals surface area contributed by atoms with Crippen molar-refractivity contribution in [1.29, 1.82) is 0 Å². The zero-order valence-corrected chi connectivity index (χ0v) is 15.1. The summed E-state index contributed by atoms with van der Waals surface area (Å²) in [6, 6.07) is 14.2. The Hall–Kier alpha value is -3.28. The molecule has 0 bridgehead atoms. The second-order valence-electron chi connectivity index (χ2n) is 6.65. The van der Waals surface area contributed by atoms with Crippen molar-refractivity contribution in [2.45, 2.75) is 18.9 Å². The number of likely N-dealkylation sites (tertiary alicyclic amines) is 1. The van der Waals surface area contributed by atoms with E-state index in [0.717, 1.165) is 23.1 Å². The molecule has 1 atom stereocenters. The monoisotopic (exact) mass is 363 g/mol. The van der Waals surface area contributed by atoms with Crippen LogP contribution in [0.25, 0.3) is 10.9 Å². The Bertz CT molecular complexity index is 978. The molecule has 3 aromatic rings. The molecule has 6 nitrogen and oxygen atoms in total. The lowest BCUT2D eigenvalue weighted by atomic mass is 10.1. The molecule has 0 saturated carbocycles. The summed E-state index contributed by atoms with van der Waals surface area (Å²) in [5, 5.41) is 3.96. The number of carbonyl (C=O) groups excluding carboxylic acids is 2. The molecule has 0 radical (unpaired) electrons. The van der Waals surface area contributed by atoms with E-state index in [1.165, 1.54) is 0 Å². The number of hydrogen-bond donors (Lipinski definition) is 2. The summed E-state index contributed by atoms with van der Waals surface area (Å²) in [7, 11) is 1.60. The number of hydrogen-bond acceptors (Lipinski definition) is 3. The zero-order chi connectivity index (χ0) is 18.8. The Kier molecular flexibility index (Phi) is 4.54. The van der Waals surface area contributed by atoms with Crippen LogP contribution in [0.2, 0.25) is 0 Å². The van der Waals surface area contributed by atoms with Crippen LogP contribution in [0.1, 0.15) is 23.2 Å². The molecule has 2 heterocycles. The highest BCUT2D eigenvalue weighted by Gasteiger charge is 2.34. The van der Waals surface area contributed by atoms with Crippen LogP contribution in [0.3, 0.4) is 0 Å². The number of anilines is 1. The van der Waals surface area contributed by atoms with Gasteiger partial charge in [0, 0.05) is 29.5 Å². The number of benzene rings is 2. The van der Waals surface area contributed by atoms with Crippen molar-refractivity contribution in [2.24, 2.45) is 0 Å². The van der Waals surface area contributed by atoms with Crippen molar-refractivity contribution < 1.29 is 14.3 Å². The van der Waals surface area contributed by atoms with Gasteiger partial charge in [-0.05, 0) is 60.7 Å². The first-order valence-electron chi connectivity index (χ1n) is 8.99. The maximum atomic E-state index is 13.0. The predicted octanol–water partition coefficient (Wildman–Crippen LogP) is 3.42. The van der Waals surface area contributed by atoms with Crippen LogP contribution in [-0.2, 0) is 4.79 Å². The molecular weight excluding hydrogens is 342 g/mol. The average molecular weight is 363 g/mol. The van der Waals surface area contributed by atoms with E-state index >= 15 is 0 Å². The van der Waals surface area contributed by atoms with Gasteiger partial charge < -0.3 is 19.9 Å². The molecule has 138 valence electrons. The van der Waals surface area contributed by atoms with Gasteiger partial charge in [-0.25, -0.2) is 0 Å². The van der Waals surface area contributed by atoms with E-state index in [1.807, 2.05) is 30.5 Å². The third kappa shape index (κ3) is 3.38. The molecule has 1 aromatic heterocycles. The van der Waals surface area contributed by atoms with Crippen molar-refractivity contribution in [1.82, 2.24) is 9.88 Å². The lowest BCUT2D eigenvalue weighted by Crippen LogP contribution is -2.43. The Morgan fingerprint density at radius 2 is 1.96 bits per heavy atom. The normalized spacial score (nSPS) is 16.5. The maximum absolute atomic E-state index is 13.0. The topological polar surface area (TPSA) is 74.4 Å². The summed E-state index contributed by atoms with van der Waals surface area (Å²) in [6.07, 6.45) is 3.33. The molecular formula is C21H21N3O3. The van der Waals surface area contributed by atoms with Gasteiger partial charge in [-0.3, -0.25) is 9.59 Å². The van der Waals surface area contributed by atoms with Crippen LogP contribution in [0.5, 0.6) is 5.75 Å². The fraction of sp³-hybridized carbons (Fsp3) is 0.238. The lowest BCUT2D eigenvalue weighted by Gasteiger charge is -2.24. The molecule has 1 saturated heterocycles. The van der Waals surface area contributed by atoms with Crippen molar-refractivity contribution in [3.63, 3.8) is 0 Å². The Morgan fingerprint density at radius 1 is 1.15 bits per heavy atom. The average Bonchev–Trinajstić information content (AvgIpc) is 3.36. The van der Waals surface area contributed by atoms with Gasteiger partial charge in [-0.1, -0.05) is 6.07 Å². The number of aromatic amines is 1. The van der Waals surface area contributed by atoms with E-state index in [2.05, 4.69) is 10.3 Å². The minimum absolute atomic E-state index is 0.112. The molecule has 27 heavy (non-hydrogen) atoms. The number of nitrogens with one attached hydrogen (secondary N) is 2. The Balaban J connectivity index is 1.50. The van der Waals surface area contributed by atoms with Gasteiger partial charge in [0.2, 0.25) is 5.91 Å². The summed E-state index contributed by atoms with van der Waals surface area (Å²) in [5.41, 5.74) is 2.20. The number of fused-ring (bicyclic) bond motifs is 1. The smallest absolute Gasteiger partial charge is 0.254 e. The molecule has 6 heteroatoms. The van der Waals surface area contributed by atoms with Crippen LogP contribution in [0.4, 0.5) is 5.69 Å². The van der Waals surface area contributed by atoms with Crippen LogP contribution < -0.4 is 10.1 Å². The zero-order valence-electron chi connectivity index (χ0n) is 15.1. The summed E-state index contributed by atoms with van der Waals surface area (Å²) >= 11 is 0. The SMILES string of the molecule is COc1ccc(NC(=O)C2CCCN2C(=O)c2ccc3cc[nH]c3c2)cc1. The van der Waals surface area contributed by atoms with Crippen LogP contribution >= 0.6 is 0 Å². The molecule has 1 fully saturated rings. The highest BCUT2D eigenvalue weighted by Crippen LogP contribution is 2.24. The van der Waals surface area contributed by atoms with Gasteiger partial charge in [0.15, 0.2) is 0 Å². The highest BCUT2D eigenvalue weighted by molar-refractivity contribution is 6.03. The first-order chi connectivity index (χ1) is 13.2. The van der Waals surface area contributed by atoms with Crippen LogP contribution in [-0.4, -0.2) is 41.4 Å². The second-order valence-corrected chi connectivity index (χ2v) is 6.65. The van der Waals surface area contributed by atoms with Gasteiger partial charge in [-0.2, -0.15) is 0 Å². The van der Waals surface area contributed by atoms with E-state index < -0.39 is 6.04 Å². The van der Waals surface area contributed by atoms with Gasteiger partial charge in [-0.15, -0.1) is 0 Å². The number of amides is 2. The Morgan fingerprint density at radius 3 is 2.74 bits per heavy atom. The molecule has 1 unspecified atom stereocenters. The van der Waals surface area contributed by atoms with E-state index in [0.29, 0.717) is 24.2 Å². The molecule has 4 rings (SSSR count). The number of rotatable bonds is 4. The number of nitrogens with zero attached hydrogens (tertiary/aromatic N) is 1. The van der Waals surface area contributed by atoms with Crippen molar-refractivity contribution in [2.75, 3.05) is 19.0 Å². The highest BCUT2D eigenvalue weighted by atomic mass is 16.5. The minimum Gasteiger partial charge on any atom is -0.497 e. The van der Waals surface area contributed by atoms with Crippen LogP contribution in [0.15, 0.2) is 54.7 Å². The largest absolute Gasteiger partial charge is 0.497 e. The quantitative estimate of drug-likeness (QED) is 0.746. The van der Waals surface area contributed by atoms with Gasteiger partial charge in [0.1, 0.15) is 11.8 Å². The Labute approximate surface area is 157 Å². The summed E-state index contributed by atoms with van der Waals surface area (Å²) in [5.74, 6) is 0.455. The predicted molar refractivity (Wildman–Crippen MR) is 104 cm³/mol.